The maximum absolute atomic E-state index is 10.8. The first-order valence-electron chi connectivity index (χ1n) is 4.52. The number of carboxylic acids is 1. The Morgan fingerprint density at radius 1 is 1.47 bits per heavy atom. The number of furan rings is 1. The predicted molar refractivity (Wildman–Crippen MR) is 56.4 cm³/mol. The topological polar surface area (TPSA) is 103 Å². The van der Waals surface area contributed by atoms with Gasteiger partial charge in [0.15, 0.2) is 0 Å². The number of ether oxygens (including phenoxy) is 1. The third kappa shape index (κ3) is 1.78. The average Bonchev–Trinajstić information content (AvgIpc) is 2.70. The molecule has 0 fully saturated rings. The van der Waals surface area contributed by atoms with Crippen LogP contribution in [-0.2, 0) is 0 Å². The van der Waals surface area contributed by atoms with E-state index in [2.05, 4.69) is 0 Å². The highest BCUT2D eigenvalue weighted by molar-refractivity contribution is 5.95. The van der Waals surface area contributed by atoms with Crippen LogP contribution in [0.2, 0.25) is 0 Å². The van der Waals surface area contributed by atoms with Crippen molar-refractivity contribution in [2.75, 3.05) is 7.11 Å². The molecule has 88 valence electrons. The maximum Gasteiger partial charge on any atom is 0.371 e. The Hall–Kier alpha value is -2.57. The number of nitro benzene ring substituents is 1. The first-order chi connectivity index (χ1) is 8.02. The highest BCUT2D eigenvalue weighted by atomic mass is 16.6. The van der Waals surface area contributed by atoms with E-state index in [1.54, 1.807) is 0 Å². The van der Waals surface area contributed by atoms with Crippen LogP contribution in [-0.4, -0.2) is 23.1 Å². The molecule has 0 atom stereocenters. The largest absolute Gasteiger partial charge is 0.496 e. The molecule has 0 unspecified atom stereocenters. The molecule has 0 amide bonds. The van der Waals surface area contributed by atoms with E-state index < -0.39 is 10.9 Å². The normalized spacial score (nSPS) is 10.4. The zero-order valence-corrected chi connectivity index (χ0v) is 8.67. The molecule has 1 aromatic carbocycles. The van der Waals surface area contributed by atoms with Gasteiger partial charge in [-0.2, -0.15) is 0 Å². The van der Waals surface area contributed by atoms with Crippen LogP contribution in [0, 0.1) is 10.1 Å². The van der Waals surface area contributed by atoms with E-state index in [1.807, 2.05) is 0 Å². The minimum absolute atomic E-state index is 0.0757. The van der Waals surface area contributed by atoms with Crippen LogP contribution in [0.15, 0.2) is 22.6 Å². The molecular weight excluding hydrogens is 230 g/mol. The summed E-state index contributed by atoms with van der Waals surface area (Å²) >= 11 is 0. The summed E-state index contributed by atoms with van der Waals surface area (Å²) in [5.74, 6) is -1.37. The fraction of sp³-hybridized carbons (Fsp3) is 0.100. The lowest BCUT2D eigenvalue weighted by Crippen LogP contribution is -1.91. The second kappa shape index (κ2) is 3.78. The van der Waals surface area contributed by atoms with Crippen molar-refractivity contribution in [3.05, 3.63) is 34.1 Å². The molecule has 0 radical (unpaired) electrons. The van der Waals surface area contributed by atoms with Crippen molar-refractivity contribution in [2.45, 2.75) is 0 Å². The van der Waals surface area contributed by atoms with E-state index in [0.29, 0.717) is 5.39 Å². The fourth-order valence-electron chi connectivity index (χ4n) is 1.47. The molecule has 0 aliphatic rings. The van der Waals surface area contributed by atoms with Crippen molar-refractivity contribution >= 4 is 22.6 Å². The Labute approximate surface area is 94.4 Å². The Morgan fingerprint density at radius 3 is 2.71 bits per heavy atom. The van der Waals surface area contributed by atoms with Crippen molar-refractivity contribution in [3.63, 3.8) is 0 Å². The van der Waals surface area contributed by atoms with Crippen molar-refractivity contribution < 1.29 is 24.0 Å². The highest BCUT2D eigenvalue weighted by Gasteiger charge is 2.21. The van der Waals surface area contributed by atoms with Crippen LogP contribution < -0.4 is 4.74 Å². The van der Waals surface area contributed by atoms with Gasteiger partial charge < -0.3 is 14.3 Å². The smallest absolute Gasteiger partial charge is 0.371 e. The van der Waals surface area contributed by atoms with Crippen molar-refractivity contribution in [1.82, 2.24) is 0 Å². The minimum atomic E-state index is -1.28. The molecule has 0 saturated carbocycles. The second-order valence-electron chi connectivity index (χ2n) is 3.24. The summed E-state index contributed by atoms with van der Waals surface area (Å²) in [6.07, 6.45) is 0. The van der Waals surface area contributed by atoms with Crippen LogP contribution in [0.5, 0.6) is 5.75 Å². The SMILES string of the molecule is COc1cc([N+](=O)[O-])c2oc(C(=O)O)cc2c1. The molecule has 1 N–H and O–H groups in total. The summed E-state index contributed by atoms with van der Waals surface area (Å²) in [6, 6.07) is 3.86. The minimum Gasteiger partial charge on any atom is -0.496 e. The third-order valence-electron chi connectivity index (χ3n) is 2.21. The summed E-state index contributed by atoms with van der Waals surface area (Å²) in [7, 11) is 1.36. The number of carbonyl (C=O) groups is 1. The molecule has 2 rings (SSSR count). The van der Waals surface area contributed by atoms with Crippen LogP contribution in [0.1, 0.15) is 10.6 Å². The number of nitro groups is 1. The Bertz CT molecular complexity index is 615. The van der Waals surface area contributed by atoms with E-state index in [0.717, 1.165) is 0 Å². The first-order valence-corrected chi connectivity index (χ1v) is 4.52. The monoisotopic (exact) mass is 237 g/mol. The van der Waals surface area contributed by atoms with Crippen LogP contribution in [0.25, 0.3) is 11.0 Å². The summed E-state index contributed by atoms with van der Waals surface area (Å²) in [4.78, 5) is 20.9. The lowest BCUT2D eigenvalue weighted by molar-refractivity contribution is -0.383. The predicted octanol–water partition coefficient (Wildman–Crippen LogP) is 2.05. The molecule has 0 saturated heterocycles. The van der Waals surface area contributed by atoms with Crippen LogP contribution in [0.4, 0.5) is 5.69 Å². The van der Waals surface area contributed by atoms with Gasteiger partial charge in [0, 0.05) is 5.39 Å². The lowest BCUT2D eigenvalue weighted by atomic mass is 10.2. The zero-order chi connectivity index (χ0) is 12.6. The summed E-state index contributed by atoms with van der Waals surface area (Å²) in [5.41, 5.74) is -0.403. The van der Waals surface area contributed by atoms with Gasteiger partial charge in [-0.1, -0.05) is 0 Å². The number of hydrogen-bond donors (Lipinski definition) is 1. The number of fused-ring (bicyclic) bond motifs is 1. The van der Waals surface area contributed by atoms with Crippen LogP contribution >= 0.6 is 0 Å². The average molecular weight is 237 g/mol. The van der Waals surface area contributed by atoms with Crippen molar-refractivity contribution in [3.8, 4) is 5.75 Å². The molecule has 1 heterocycles. The van der Waals surface area contributed by atoms with Gasteiger partial charge >= 0.3 is 11.7 Å². The summed E-state index contributed by atoms with van der Waals surface area (Å²) < 4.78 is 9.81. The number of carboxylic acid groups (broad SMARTS) is 1. The van der Waals surface area contributed by atoms with Gasteiger partial charge in [0.25, 0.3) is 0 Å². The van der Waals surface area contributed by atoms with E-state index in [-0.39, 0.29) is 22.8 Å². The van der Waals surface area contributed by atoms with Gasteiger partial charge in [-0.25, -0.2) is 4.79 Å². The Morgan fingerprint density at radius 2 is 2.18 bits per heavy atom. The molecular formula is C10H7NO6. The third-order valence-corrected chi connectivity index (χ3v) is 2.21. The van der Waals surface area contributed by atoms with Crippen molar-refractivity contribution in [2.24, 2.45) is 0 Å². The molecule has 0 aliphatic carbocycles. The molecule has 7 heteroatoms. The summed E-state index contributed by atoms with van der Waals surface area (Å²) in [5, 5.41) is 19.9. The molecule has 17 heavy (non-hydrogen) atoms. The standard InChI is InChI=1S/C10H7NO6/c1-16-6-2-5-3-8(10(12)13)17-9(5)7(4-6)11(14)15/h2-4H,1H3,(H,12,13). The maximum atomic E-state index is 10.8. The number of aromatic carboxylic acids is 1. The summed E-state index contributed by atoms with van der Waals surface area (Å²) in [6.45, 7) is 0. The van der Waals surface area contributed by atoms with E-state index in [9.17, 15) is 14.9 Å². The van der Waals surface area contributed by atoms with Crippen molar-refractivity contribution in [1.29, 1.82) is 0 Å². The number of hydrogen-bond acceptors (Lipinski definition) is 5. The first kappa shape index (κ1) is 10.9. The molecule has 0 aliphatic heterocycles. The molecule has 0 bridgehead atoms. The Balaban J connectivity index is 2.77. The quantitative estimate of drug-likeness (QED) is 0.647. The molecule has 0 spiro atoms. The number of rotatable bonds is 3. The number of benzene rings is 1. The number of nitrogens with zero attached hydrogens (tertiary/aromatic N) is 1. The number of methoxy groups -OCH3 is 1. The number of non-ortho nitro benzene ring substituents is 1. The van der Waals surface area contributed by atoms with Gasteiger partial charge in [-0.05, 0) is 12.1 Å². The van der Waals surface area contributed by atoms with Gasteiger partial charge in [0.1, 0.15) is 5.75 Å². The van der Waals surface area contributed by atoms with Gasteiger partial charge in [-0.3, -0.25) is 10.1 Å². The lowest BCUT2D eigenvalue weighted by Gasteiger charge is -1.99. The van der Waals surface area contributed by atoms with E-state index >= 15 is 0 Å². The van der Waals surface area contributed by atoms with Crippen LogP contribution in [0.3, 0.4) is 0 Å². The molecule has 7 nitrogen and oxygen atoms in total. The molecule has 2 aromatic rings. The van der Waals surface area contributed by atoms with Gasteiger partial charge in [-0.15, -0.1) is 0 Å². The Kier molecular flexibility index (Phi) is 2.43. The van der Waals surface area contributed by atoms with Gasteiger partial charge in [0.05, 0.1) is 18.1 Å². The van der Waals surface area contributed by atoms with E-state index in [4.69, 9.17) is 14.3 Å². The molecule has 1 aromatic heterocycles. The fourth-order valence-corrected chi connectivity index (χ4v) is 1.47. The van der Waals surface area contributed by atoms with Gasteiger partial charge in [0.2, 0.25) is 11.3 Å². The van der Waals surface area contributed by atoms with E-state index in [1.165, 1.54) is 25.3 Å². The second-order valence-corrected chi connectivity index (χ2v) is 3.24. The zero-order valence-electron chi connectivity index (χ0n) is 8.67. The highest BCUT2D eigenvalue weighted by Crippen LogP contribution is 2.33.